The van der Waals surface area contributed by atoms with Gasteiger partial charge in [-0.25, -0.2) is 4.98 Å². The van der Waals surface area contributed by atoms with Crippen molar-refractivity contribution >= 4 is 34.6 Å². The number of benzene rings is 2. The zero-order chi connectivity index (χ0) is 24.9. The van der Waals surface area contributed by atoms with Crippen LogP contribution in [0.25, 0.3) is 11.0 Å². The van der Waals surface area contributed by atoms with Gasteiger partial charge in [0.05, 0.1) is 22.3 Å². The number of carbonyl (C=O) groups is 2. The lowest BCUT2D eigenvalue weighted by atomic mass is 10.1. The Bertz CT molecular complexity index is 1160. The molecule has 0 unspecified atom stereocenters. The molecule has 1 heterocycles. The molecule has 2 amide bonds. The van der Waals surface area contributed by atoms with Crippen molar-refractivity contribution in [3.8, 4) is 0 Å². The van der Waals surface area contributed by atoms with E-state index in [1.54, 1.807) is 43.3 Å². The molecule has 0 bridgehead atoms. The lowest BCUT2D eigenvalue weighted by molar-refractivity contribution is -0.137. The van der Waals surface area contributed by atoms with Crippen LogP contribution in [0.15, 0.2) is 47.6 Å². The first kappa shape index (κ1) is 25.6. The van der Waals surface area contributed by atoms with Crippen LogP contribution in [0.3, 0.4) is 0 Å². The van der Waals surface area contributed by atoms with E-state index >= 15 is 0 Å². The highest BCUT2D eigenvalue weighted by Gasteiger charge is 2.31. The minimum atomic E-state index is -4.44. The standard InChI is InChI=1S/C24H27F3N4O2S/c1-4-5-12-31-20-11-10-18(24(25,26)27)13-19(20)29-23(31)34-15-21(32)30(3)14-16-6-8-17(9-7-16)22(33)28-2/h6-11,13H,4-5,12,14-15H2,1-3H3,(H,28,33). The minimum absolute atomic E-state index is 0.106. The van der Waals surface area contributed by atoms with Crippen molar-refractivity contribution < 1.29 is 22.8 Å². The van der Waals surface area contributed by atoms with Crippen LogP contribution in [0.1, 0.15) is 41.3 Å². The van der Waals surface area contributed by atoms with Gasteiger partial charge < -0.3 is 14.8 Å². The van der Waals surface area contributed by atoms with Crippen LogP contribution in [0, 0.1) is 0 Å². The van der Waals surface area contributed by atoms with Gasteiger partial charge in [-0.2, -0.15) is 13.2 Å². The highest BCUT2D eigenvalue weighted by atomic mass is 32.2. The summed E-state index contributed by atoms with van der Waals surface area (Å²) in [7, 11) is 3.25. The third-order valence-corrected chi connectivity index (χ3v) is 6.35. The largest absolute Gasteiger partial charge is 0.416 e. The summed E-state index contributed by atoms with van der Waals surface area (Å²) in [5.74, 6) is -0.208. The molecule has 0 atom stereocenters. The predicted molar refractivity (Wildman–Crippen MR) is 127 cm³/mol. The average molecular weight is 493 g/mol. The number of carbonyl (C=O) groups excluding carboxylic acids is 2. The van der Waals surface area contributed by atoms with Crippen molar-refractivity contribution in [1.82, 2.24) is 19.8 Å². The van der Waals surface area contributed by atoms with Gasteiger partial charge in [-0.05, 0) is 42.3 Å². The number of hydrogen-bond acceptors (Lipinski definition) is 4. The highest BCUT2D eigenvalue weighted by molar-refractivity contribution is 7.99. The zero-order valence-corrected chi connectivity index (χ0v) is 20.1. The number of hydrogen-bond donors (Lipinski definition) is 1. The van der Waals surface area contributed by atoms with Gasteiger partial charge in [0.2, 0.25) is 5.91 Å². The summed E-state index contributed by atoms with van der Waals surface area (Å²) in [4.78, 5) is 30.4. The molecule has 0 saturated carbocycles. The molecule has 0 saturated heterocycles. The van der Waals surface area contributed by atoms with E-state index in [9.17, 15) is 22.8 Å². The topological polar surface area (TPSA) is 67.2 Å². The van der Waals surface area contributed by atoms with Crippen molar-refractivity contribution in [1.29, 1.82) is 0 Å². The Morgan fingerprint density at radius 1 is 1.15 bits per heavy atom. The third kappa shape index (κ3) is 6.11. The monoisotopic (exact) mass is 492 g/mol. The van der Waals surface area contributed by atoms with Crippen LogP contribution >= 0.6 is 11.8 Å². The lowest BCUT2D eigenvalue weighted by Gasteiger charge is -2.17. The molecule has 0 spiro atoms. The van der Waals surface area contributed by atoms with Gasteiger partial charge in [-0.15, -0.1) is 0 Å². The van der Waals surface area contributed by atoms with Crippen LogP contribution in [-0.4, -0.2) is 46.1 Å². The molecular formula is C24H27F3N4O2S. The van der Waals surface area contributed by atoms with E-state index in [0.29, 0.717) is 29.3 Å². The van der Waals surface area contributed by atoms with E-state index in [2.05, 4.69) is 10.3 Å². The van der Waals surface area contributed by atoms with E-state index in [-0.39, 0.29) is 23.1 Å². The number of unbranched alkanes of at least 4 members (excludes halogenated alkanes) is 1. The van der Waals surface area contributed by atoms with Crippen molar-refractivity contribution in [2.24, 2.45) is 0 Å². The van der Waals surface area contributed by atoms with Crippen LogP contribution in [0.2, 0.25) is 0 Å². The minimum Gasteiger partial charge on any atom is -0.355 e. The van der Waals surface area contributed by atoms with Gasteiger partial charge in [0.15, 0.2) is 5.16 Å². The number of imidazole rings is 1. The Morgan fingerprint density at radius 3 is 2.47 bits per heavy atom. The quantitative estimate of drug-likeness (QED) is 0.429. The second kappa shape index (κ2) is 10.9. The molecule has 0 aliphatic carbocycles. The van der Waals surface area contributed by atoms with E-state index in [1.165, 1.54) is 17.8 Å². The maximum absolute atomic E-state index is 13.1. The first-order chi connectivity index (χ1) is 16.1. The van der Waals surface area contributed by atoms with Crippen LogP contribution in [0.5, 0.6) is 0 Å². The summed E-state index contributed by atoms with van der Waals surface area (Å²) in [6.45, 7) is 3.02. The fourth-order valence-corrected chi connectivity index (χ4v) is 4.41. The average Bonchev–Trinajstić information content (AvgIpc) is 3.17. The van der Waals surface area contributed by atoms with E-state index in [0.717, 1.165) is 30.5 Å². The fourth-order valence-electron chi connectivity index (χ4n) is 3.43. The normalized spacial score (nSPS) is 11.6. The summed E-state index contributed by atoms with van der Waals surface area (Å²) in [6.07, 6.45) is -2.67. The summed E-state index contributed by atoms with van der Waals surface area (Å²) in [6, 6.07) is 10.6. The molecule has 0 aliphatic heterocycles. The summed E-state index contributed by atoms with van der Waals surface area (Å²) in [5.41, 5.74) is 1.57. The van der Waals surface area contributed by atoms with Crippen LogP contribution in [-0.2, 0) is 24.1 Å². The molecule has 0 fully saturated rings. The van der Waals surface area contributed by atoms with Gasteiger partial charge in [-0.3, -0.25) is 9.59 Å². The molecule has 6 nitrogen and oxygen atoms in total. The first-order valence-corrected chi connectivity index (χ1v) is 11.9. The van der Waals surface area contributed by atoms with Gasteiger partial charge in [-0.1, -0.05) is 37.2 Å². The van der Waals surface area contributed by atoms with Crippen molar-refractivity contribution in [3.05, 3.63) is 59.2 Å². The maximum Gasteiger partial charge on any atom is 0.416 e. The number of nitrogens with zero attached hydrogens (tertiary/aromatic N) is 3. The molecule has 2 aromatic carbocycles. The Kier molecular flexibility index (Phi) is 8.24. The number of aromatic nitrogens is 2. The Hall–Kier alpha value is -3.01. The smallest absolute Gasteiger partial charge is 0.355 e. The first-order valence-electron chi connectivity index (χ1n) is 10.9. The second-order valence-corrected chi connectivity index (χ2v) is 8.86. The van der Waals surface area contributed by atoms with E-state index in [1.807, 2.05) is 11.5 Å². The number of alkyl halides is 3. The number of nitrogens with one attached hydrogen (secondary N) is 1. The highest BCUT2D eigenvalue weighted by Crippen LogP contribution is 2.33. The van der Waals surface area contributed by atoms with Gasteiger partial charge in [0, 0.05) is 32.7 Å². The number of thioether (sulfide) groups is 1. The number of aryl methyl sites for hydroxylation is 1. The molecule has 3 aromatic rings. The molecular weight excluding hydrogens is 465 g/mol. The zero-order valence-electron chi connectivity index (χ0n) is 19.3. The third-order valence-electron chi connectivity index (χ3n) is 5.39. The van der Waals surface area contributed by atoms with E-state index in [4.69, 9.17) is 0 Å². The lowest BCUT2D eigenvalue weighted by Crippen LogP contribution is -2.28. The number of halogens is 3. The summed E-state index contributed by atoms with van der Waals surface area (Å²) >= 11 is 1.22. The van der Waals surface area contributed by atoms with Crippen molar-refractivity contribution in [2.75, 3.05) is 19.8 Å². The Morgan fingerprint density at radius 2 is 1.85 bits per heavy atom. The Labute approximate surface area is 200 Å². The van der Waals surface area contributed by atoms with Crippen molar-refractivity contribution in [3.63, 3.8) is 0 Å². The second-order valence-electron chi connectivity index (χ2n) is 7.92. The van der Waals surface area contributed by atoms with Crippen LogP contribution in [0.4, 0.5) is 13.2 Å². The molecule has 0 radical (unpaired) electrons. The van der Waals surface area contributed by atoms with Crippen molar-refractivity contribution in [2.45, 2.75) is 44.2 Å². The Balaban J connectivity index is 1.71. The van der Waals surface area contributed by atoms with Gasteiger partial charge in [0.25, 0.3) is 5.91 Å². The summed E-state index contributed by atoms with van der Waals surface area (Å²) < 4.78 is 41.2. The molecule has 182 valence electrons. The summed E-state index contributed by atoms with van der Waals surface area (Å²) in [5, 5.41) is 3.09. The van der Waals surface area contributed by atoms with Crippen LogP contribution < -0.4 is 5.32 Å². The number of amides is 2. The molecule has 1 N–H and O–H groups in total. The molecule has 1 aromatic heterocycles. The maximum atomic E-state index is 13.1. The molecule has 10 heteroatoms. The SMILES string of the molecule is CCCCn1c(SCC(=O)N(C)Cc2ccc(C(=O)NC)cc2)nc2cc(C(F)(F)F)ccc21. The molecule has 34 heavy (non-hydrogen) atoms. The predicted octanol–water partition coefficient (Wildman–Crippen LogP) is 4.97. The van der Waals surface area contributed by atoms with E-state index < -0.39 is 11.7 Å². The number of fused-ring (bicyclic) bond motifs is 1. The molecule has 0 aliphatic rings. The van der Waals surface area contributed by atoms with Gasteiger partial charge >= 0.3 is 6.18 Å². The number of rotatable bonds is 9. The van der Waals surface area contributed by atoms with Gasteiger partial charge in [0.1, 0.15) is 0 Å². The fraction of sp³-hybridized carbons (Fsp3) is 0.375. The molecule has 3 rings (SSSR count).